The highest BCUT2D eigenvalue weighted by molar-refractivity contribution is 6.06. The lowest BCUT2D eigenvalue weighted by atomic mass is 9.73. The van der Waals surface area contributed by atoms with Crippen LogP contribution >= 0.6 is 0 Å². The fourth-order valence-electron chi connectivity index (χ4n) is 3.71. The molecule has 1 N–H and O–H groups in total. The molecule has 0 aromatic heterocycles. The van der Waals surface area contributed by atoms with Gasteiger partial charge in [0.25, 0.3) is 0 Å². The second kappa shape index (κ2) is 6.00. The zero-order valence-electron chi connectivity index (χ0n) is 12.7. The summed E-state index contributed by atoms with van der Waals surface area (Å²) in [7, 11) is 0. The second-order valence-corrected chi connectivity index (χ2v) is 6.51. The Morgan fingerprint density at radius 2 is 1.87 bits per heavy atom. The summed E-state index contributed by atoms with van der Waals surface area (Å²) in [5.74, 6) is -2.06. The minimum atomic E-state index is -1.43. The van der Waals surface area contributed by atoms with Crippen LogP contribution in [0.25, 0.3) is 0 Å². The van der Waals surface area contributed by atoms with Gasteiger partial charge in [0.1, 0.15) is 11.6 Å². The lowest BCUT2D eigenvalue weighted by molar-refractivity contribution is -0.143. The average Bonchev–Trinajstić information content (AvgIpc) is 2.74. The molecule has 0 bridgehead atoms. The monoisotopic (exact) mass is 323 g/mol. The quantitative estimate of drug-likeness (QED) is 0.870. The summed E-state index contributed by atoms with van der Waals surface area (Å²) in [6.07, 6.45) is 2.96. The number of halogens is 2. The number of likely N-dealkylation sites (tertiary alicyclic amines) is 1. The fraction of sp³-hybridized carbons (Fsp3) is 0.529. The predicted octanol–water partition coefficient (Wildman–Crippen LogP) is 2.71. The van der Waals surface area contributed by atoms with Crippen molar-refractivity contribution in [3.63, 3.8) is 0 Å². The number of imide groups is 1. The molecule has 1 saturated carbocycles. The van der Waals surface area contributed by atoms with Crippen molar-refractivity contribution in [3.05, 3.63) is 35.4 Å². The molecule has 2 amide bonds. The number of hydrogen-bond donors (Lipinski definition) is 1. The molecule has 2 aliphatic rings. The molecule has 4 nitrogen and oxygen atoms in total. The molecule has 0 unspecified atom stereocenters. The second-order valence-electron chi connectivity index (χ2n) is 6.51. The third-order valence-electron chi connectivity index (χ3n) is 4.97. The number of nitrogens with zero attached hydrogens (tertiary/aromatic N) is 1. The van der Waals surface area contributed by atoms with Crippen LogP contribution in [0.3, 0.4) is 0 Å². The summed E-state index contributed by atoms with van der Waals surface area (Å²) < 4.78 is 27.0. The van der Waals surface area contributed by atoms with Crippen molar-refractivity contribution in [2.75, 3.05) is 6.54 Å². The van der Waals surface area contributed by atoms with Crippen molar-refractivity contribution < 1.29 is 23.5 Å². The van der Waals surface area contributed by atoms with Crippen LogP contribution < -0.4 is 0 Å². The molecule has 1 aliphatic carbocycles. The standard InChI is InChI=1S/C17H19F2NO3/c18-11-4-5-13(19)12(8-11)14(21)10-20-15(22)9-17(16(20)23)6-2-1-3-7-17/h4-5,8,14,21H,1-3,6-7,9-10H2/t14-/m1/s1. The maximum atomic E-state index is 13.7. The first-order chi connectivity index (χ1) is 10.9. The highest BCUT2D eigenvalue weighted by Gasteiger charge is 2.51. The minimum absolute atomic E-state index is 0.157. The Bertz CT molecular complexity index is 641. The van der Waals surface area contributed by atoms with Crippen LogP contribution in [0.15, 0.2) is 18.2 Å². The molecular formula is C17H19F2NO3. The Morgan fingerprint density at radius 3 is 2.57 bits per heavy atom. The van der Waals surface area contributed by atoms with Crippen molar-refractivity contribution in [1.29, 1.82) is 0 Å². The minimum Gasteiger partial charge on any atom is -0.386 e. The van der Waals surface area contributed by atoms with Gasteiger partial charge in [-0.2, -0.15) is 0 Å². The van der Waals surface area contributed by atoms with Gasteiger partial charge in [0.05, 0.1) is 18.1 Å². The largest absolute Gasteiger partial charge is 0.386 e. The van der Waals surface area contributed by atoms with Crippen molar-refractivity contribution in [2.45, 2.75) is 44.6 Å². The molecule has 124 valence electrons. The van der Waals surface area contributed by atoms with Gasteiger partial charge in [0.15, 0.2) is 0 Å². The average molecular weight is 323 g/mol. The van der Waals surface area contributed by atoms with E-state index < -0.39 is 23.2 Å². The summed E-state index contributed by atoms with van der Waals surface area (Å²) in [5.41, 5.74) is -0.884. The van der Waals surface area contributed by atoms with Gasteiger partial charge in [-0.1, -0.05) is 19.3 Å². The van der Waals surface area contributed by atoms with E-state index >= 15 is 0 Å². The molecule has 1 aliphatic heterocycles. The molecule has 3 rings (SSSR count). The third kappa shape index (κ3) is 2.87. The van der Waals surface area contributed by atoms with E-state index in [2.05, 4.69) is 0 Å². The van der Waals surface area contributed by atoms with E-state index in [4.69, 9.17) is 0 Å². The van der Waals surface area contributed by atoms with Crippen LogP contribution in [-0.2, 0) is 9.59 Å². The van der Waals surface area contributed by atoms with Gasteiger partial charge in [-0.25, -0.2) is 8.78 Å². The number of aliphatic hydroxyl groups excluding tert-OH is 1. The van der Waals surface area contributed by atoms with E-state index in [0.29, 0.717) is 12.8 Å². The number of carbonyl (C=O) groups excluding carboxylic acids is 2. The maximum Gasteiger partial charge on any atom is 0.236 e. The predicted molar refractivity (Wildman–Crippen MR) is 78.2 cm³/mol. The lowest BCUT2D eigenvalue weighted by Gasteiger charge is -2.30. The van der Waals surface area contributed by atoms with Gasteiger partial charge in [-0.05, 0) is 31.0 Å². The first-order valence-electron chi connectivity index (χ1n) is 7.91. The highest BCUT2D eigenvalue weighted by atomic mass is 19.1. The summed E-state index contributed by atoms with van der Waals surface area (Å²) in [6.45, 7) is -0.334. The van der Waals surface area contributed by atoms with Crippen LogP contribution in [0, 0.1) is 17.0 Å². The van der Waals surface area contributed by atoms with E-state index in [1.165, 1.54) is 0 Å². The van der Waals surface area contributed by atoms with Crippen LogP contribution in [0.2, 0.25) is 0 Å². The first kappa shape index (κ1) is 16.1. The highest BCUT2D eigenvalue weighted by Crippen LogP contribution is 2.45. The van der Waals surface area contributed by atoms with Gasteiger partial charge in [-0.3, -0.25) is 14.5 Å². The third-order valence-corrected chi connectivity index (χ3v) is 4.97. The normalized spacial score (nSPS) is 22.0. The Kier molecular flexibility index (Phi) is 4.19. The zero-order valence-corrected chi connectivity index (χ0v) is 12.7. The van der Waals surface area contributed by atoms with Gasteiger partial charge in [-0.15, -0.1) is 0 Å². The van der Waals surface area contributed by atoms with E-state index in [0.717, 1.165) is 42.4 Å². The number of amides is 2. The first-order valence-corrected chi connectivity index (χ1v) is 7.91. The molecule has 23 heavy (non-hydrogen) atoms. The molecule has 1 spiro atoms. The molecular weight excluding hydrogens is 304 g/mol. The van der Waals surface area contributed by atoms with E-state index in [1.807, 2.05) is 0 Å². The van der Waals surface area contributed by atoms with Crippen LogP contribution in [-0.4, -0.2) is 28.4 Å². The lowest BCUT2D eigenvalue weighted by Crippen LogP contribution is -2.39. The fourth-order valence-corrected chi connectivity index (χ4v) is 3.71. The maximum absolute atomic E-state index is 13.7. The molecule has 0 radical (unpaired) electrons. The number of hydrogen-bond acceptors (Lipinski definition) is 3. The van der Waals surface area contributed by atoms with E-state index in [1.54, 1.807) is 0 Å². The van der Waals surface area contributed by atoms with E-state index in [-0.39, 0.29) is 30.3 Å². The Hall–Kier alpha value is -1.82. The number of carbonyl (C=O) groups is 2. The van der Waals surface area contributed by atoms with Crippen LogP contribution in [0.4, 0.5) is 8.78 Å². The molecule has 1 saturated heterocycles. The Morgan fingerprint density at radius 1 is 1.17 bits per heavy atom. The SMILES string of the molecule is O=C1CC2(CCCCC2)C(=O)N1C[C@@H](O)c1cc(F)ccc1F. The zero-order chi connectivity index (χ0) is 16.6. The van der Waals surface area contributed by atoms with Crippen molar-refractivity contribution in [3.8, 4) is 0 Å². The van der Waals surface area contributed by atoms with Gasteiger partial charge in [0, 0.05) is 12.0 Å². The summed E-state index contributed by atoms with van der Waals surface area (Å²) >= 11 is 0. The summed E-state index contributed by atoms with van der Waals surface area (Å²) in [5, 5.41) is 10.2. The van der Waals surface area contributed by atoms with Gasteiger partial charge < -0.3 is 5.11 Å². The van der Waals surface area contributed by atoms with E-state index in [9.17, 15) is 23.5 Å². The number of aliphatic hydroxyl groups is 1. The summed E-state index contributed by atoms with van der Waals surface area (Å²) in [6, 6.07) is 2.76. The van der Waals surface area contributed by atoms with Crippen molar-refractivity contribution >= 4 is 11.8 Å². The number of rotatable bonds is 3. The van der Waals surface area contributed by atoms with Crippen LogP contribution in [0.1, 0.15) is 50.2 Å². The molecule has 1 atom stereocenters. The number of β-amino-alcohol motifs (C(OH)–C–C–N with tert-alkyl or cyclic N) is 1. The molecule has 2 fully saturated rings. The van der Waals surface area contributed by atoms with Gasteiger partial charge in [0.2, 0.25) is 11.8 Å². The molecule has 1 aromatic carbocycles. The Labute approximate surface area is 133 Å². The Balaban J connectivity index is 1.78. The van der Waals surface area contributed by atoms with Crippen molar-refractivity contribution in [1.82, 2.24) is 4.90 Å². The van der Waals surface area contributed by atoms with Gasteiger partial charge >= 0.3 is 0 Å². The summed E-state index contributed by atoms with van der Waals surface area (Å²) in [4.78, 5) is 25.9. The van der Waals surface area contributed by atoms with Crippen LogP contribution in [0.5, 0.6) is 0 Å². The molecule has 1 heterocycles. The smallest absolute Gasteiger partial charge is 0.236 e. The molecule has 6 heteroatoms. The van der Waals surface area contributed by atoms with Crippen molar-refractivity contribution in [2.24, 2.45) is 5.41 Å². The number of benzene rings is 1. The molecule has 1 aromatic rings. The topological polar surface area (TPSA) is 57.6 Å².